The van der Waals surface area contributed by atoms with Crippen molar-refractivity contribution < 1.29 is 4.79 Å². The van der Waals surface area contributed by atoms with Gasteiger partial charge in [0.1, 0.15) is 6.29 Å². The number of aryl methyl sites for hydroxylation is 1. The summed E-state index contributed by atoms with van der Waals surface area (Å²) in [7, 11) is 1.88. The van der Waals surface area contributed by atoms with Crippen LogP contribution in [0, 0.1) is 12.8 Å². The number of anilines is 3. The lowest BCUT2D eigenvalue weighted by atomic mass is 10.1. The SMILES string of the molecule is C=C(CN1CCC(C=O)C1)N1CCN(c2cccc(C)c2)CC1.CNc1ccc(N)cc1. The van der Waals surface area contributed by atoms with Gasteiger partial charge >= 0.3 is 0 Å². The van der Waals surface area contributed by atoms with E-state index in [2.05, 4.69) is 57.8 Å². The van der Waals surface area contributed by atoms with E-state index in [1.54, 1.807) is 0 Å². The molecule has 2 aliphatic heterocycles. The number of nitrogen functional groups attached to an aromatic ring is 1. The second-order valence-corrected chi connectivity index (χ2v) is 8.67. The van der Waals surface area contributed by atoms with Crippen LogP contribution in [0.5, 0.6) is 0 Å². The molecule has 0 spiro atoms. The van der Waals surface area contributed by atoms with Gasteiger partial charge in [0.15, 0.2) is 0 Å². The molecule has 0 aromatic heterocycles. The Morgan fingerprint density at radius 2 is 1.84 bits per heavy atom. The van der Waals surface area contributed by atoms with Gasteiger partial charge in [0.2, 0.25) is 0 Å². The van der Waals surface area contributed by atoms with E-state index in [1.165, 1.54) is 16.9 Å². The Balaban J connectivity index is 0.000000269. The van der Waals surface area contributed by atoms with Gasteiger partial charge in [-0.15, -0.1) is 0 Å². The molecule has 0 radical (unpaired) electrons. The van der Waals surface area contributed by atoms with E-state index < -0.39 is 0 Å². The number of carbonyl (C=O) groups excluding carboxylic acids is 1. The number of hydrogen-bond donors (Lipinski definition) is 2. The molecule has 2 heterocycles. The minimum atomic E-state index is 0.223. The summed E-state index contributed by atoms with van der Waals surface area (Å²) in [4.78, 5) is 18.1. The molecular formula is C26H37N5O. The lowest BCUT2D eigenvalue weighted by molar-refractivity contribution is -0.110. The van der Waals surface area contributed by atoms with E-state index >= 15 is 0 Å². The molecule has 6 nitrogen and oxygen atoms in total. The molecule has 3 N–H and O–H groups in total. The molecule has 0 aliphatic carbocycles. The third-order valence-electron chi connectivity index (χ3n) is 6.20. The average molecular weight is 436 g/mol. The number of nitrogens with two attached hydrogens (primary N) is 1. The molecule has 2 aromatic rings. The van der Waals surface area contributed by atoms with Gasteiger partial charge in [0.25, 0.3) is 0 Å². The summed E-state index contributed by atoms with van der Waals surface area (Å²) in [6.45, 7) is 13.4. The van der Waals surface area contributed by atoms with Gasteiger partial charge in [0, 0.05) is 75.0 Å². The van der Waals surface area contributed by atoms with Crippen molar-refractivity contribution in [1.29, 1.82) is 0 Å². The van der Waals surface area contributed by atoms with E-state index in [0.717, 1.165) is 69.9 Å². The van der Waals surface area contributed by atoms with Crippen molar-refractivity contribution >= 4 is 23.3 Å². The van der Waals surface area contributed by atoms with E-state index in [9.17, 15) is 4.79 Å². The van der Waals surface area contributed by atoms with Crippen LogP contribution in [0.4, 0.5) is 17.1 Å². The maximum absolute atomic E-state index is 10.9. The number of nitrogens with zero attached hydrogens (tertiary/aromatic N) is 3. The highest BCUT2D eigenvalue weighted by atomic mass is 16.1. The molecule has 0 saturated carbocycles. The molecule has 6 heteroatoms. The summed E-state index contributed by atoms with van der Waals surface area (Å²) >= 11 is 0. The molecule has 1 atom stereocenters. The van der Waals surface area contributed by atoms with Gasteiger partial charge < -0.3 is 25.6 Å². The van der Waals surface area contributed by atoms with Crippen LogP contribution in [0.25, 0.3) is 0 Å². The second-order valence-electron chi connectivity index (χ2n) is 8.67. The van der Waals surface area contributed by atoms with Gasteiger partial charge in [-0.3, -0.25) is 4.90 Å². The summed E-state index contributed by atoms with van der Waals surface area (Å²) in [5.74, 6) is 0.223. The van der Waals surface area contributed by atoms with Crippen molar-refractivity contribution in [2.24, 2.45) is 5.92 Å². The summed E-state index contributed by atoms with van der Waals surface area (Å²) < 4.78 is 0. The molecular weight excluding hydrogens is 398 g/mol. The predicted octanol–water partition coefficient (Wildman–Crippen LogP) is 3.46. The predicted molar refractivity (Wildman–Crippen MR) is 135 cm³/mol. The monoisotopic (exact) mass is 435 g/mol. The first-order valence-corrected chi connectivity index (χ1v) is 11.4. The summed E-state index contributed by atoms with van der Waals surface area (Å²) in [6, 6.07) is 16.3. The Morgan fingerprint density at radius 3 is 2.44 bits per heavy atom. The maximum atomic E-state index is 10.9. The minimum Gasteiger partial charge on any atom is -0.399 e. The Bertz CT molecular complexity index is 874. The third-order valence-corrected chi connectivity index (χ3v) is 6.20. The summed E-state index contributed by atoms with van der Waals surface area (Å²) in [6.07, 6.45) is 2.10. The van der Waals surface area contributed by atoms with Crippen LogP contribution in [0.1, 0.15) is 12.0 Å². The van der Waals surface area contributed by atoms with Crippen LogP contribution >= 0.6 is 0 Å². The molecule has 2 fully saturated rings. The van der Waals surface area contributed by atoms with Gasteiger partial charge in [-0.1, -0.05) is 18.7 Å². The molecule has 172 valence electrons. The van der Waals surface area contributed by atoms with Gasteiger partial charge in [-0.2, -0.15) is 0 Å². The van der Waals surface area contributed by atoms with E-state index in [0.29, 0.717) is 0 Å². The summed E-state index contributed by atoms with van der Waals surface area (Å²) in [5.41, 5.74) is 11.2. The van der Waals surface area contributed by atoms with Crippen LogP contribution in [-0.4, -0.2) is 68.9 Å². The number of nitrogens with one attached hydrogen (secondary N) is 1. The van der Waals surface area contributed by atoms with Crippen LogP contribution in [0.15, 0.2) is 60.8 Å². The fourth-order valence-corrected chi connectivity index (χ4v) is 4.23. The lowest BCUT2D eigenvalue weighted by Gasteiger charge is -2.39. The van der Waals surface area contributed by atoms with Crippen molar-refractivity contribution in [2.45, 2.75) is 13.3 Å². The molecule has 1 unspecified atom stereocenters. The van der Waals surface area contributed by atoms with E-state index in [1.807, 2.05) is 31.3 Å². The van der Waals surface area contributed by atoms with E-state index in [4.69, 9.17) is 5.73 Å². The number of aldehydes is 1. The standard InChI is InChI=1S/C19H27N3O.C7H10N2/c1-16-4-3-5-19(12-16)22-10-8-21(9-11-22)17(2)13-20-7-6-18(14-20)15-23;1-9-7-4-2-6(8)3-5-7/h3-5,12,15,18H,2,6-11,13-14H2,1H3;2-5,9H,8H2,1H3. The highest BCUT2D eigenvalue weighted by molar-refractivity contribution is 5.54. The fraction of sp³-hybridized carbons (Fsp3) is 0.423. The van der Waals surface area contributed by atoms with Gasteiger partial charge in [-0.05, 0) is 61.9 Å². The number of likely N-dealkylation sites (tertiary alicyclic amines) is 1. The maximum Gasteiger partial charge on any atom is 0.124 e. The third kappa shape index (κ3) is 6.76. The number of hydrogen-bond acceptors (Lipinski definition) is 6. The zero-order valence-corrected chi connectivity index (χ0v) is 19.5. The van der Waals surface area contributed by atoms with Crippen LogP contribution in [0.2, 0.25) is 0 Å². The topological polar surface area (TPSA) is 64.8 Å². The number of piperazine rings is 1. The van der Waals surface area contributed by atoms with Crippen LogP contribution < -0.4 is 16.0 Å². The molecule has 4 rings (SSSR count). The Labute approximate surface area is 192 Å². The van der Waals surface area contributed by atoms with E-state index in [-0.39, 0.29) is 5.92 Å². The molecule has 0 amide bonds. The second kappa shape index (κ2) is 11.6. The number of rotatable bonds is 6. The lowest BCUT2D eigenvalue weighted by Crippen LogP contribution is -2.47. The number of carbonyl (C=O) groups is 1. The van der Waals surface area contributed by atoms with Crippen LogP contribution in [0.3, 0.4) is 0 Å². The van der Waals surface area contributed by atoms with Gasteiger partial charge in [-0.25, -0.2) is 0 Å². The van der Waals surface area contributed by atoms with Crippen LogP contribution in [-0.2, 0) is 4.79 Å². The molecule has 2 saturated heterocycles. The first-order valence-electron chi connectivity index (χ1n) is 11.4. The van der Waals surface area contributed by atoms with Gasteiger partial charge in [0.05, 0.1) is 0 Å². The fourth-order valence-electron chi connectivity index (χ4n) is 4.23. The zero-order chi connectivity index (χ0) is 22.9. The molecule has 2 aliphatic rings. The van der Waals surface area contributed by atoms with Crippen molar-refractivity contribution in [3.8, 4) is 0 Å². The molecule has 32 heavy (non-hydrogen) atoms. The van der Waals surface area contributed by atoms with Crippen molar-refractivity contribution in [3.63, 3.8) is 0 Å². The molecule has 0 bridgehead atoms. The average Bonchev–Trinajstić information content (AvgIpc) is 3.28. The molecule has 2 aromatic carbocycles. The van der Waals surface area contributed by atoms with Crippen molar-refractivity contribution in [3.05, 3.63) is 66.4 Å². The summed E-state index contributed by atoms with van der Waals surface area (Å²) in [5, 5.41) is 3.00. The Hall–Kier alpha value is -2.99. The highest BCUT2D eigenvalue weighted by Gasteiger charge is 2.24. The Kier molecular flexibility index (Phi) is 8.56. The highest BCUT2D eigenvalue weighted by Crippen LogP contribution is 2.20. The quantitative estimate of drug-likeness (QED) is 0.535. The number of benzene rings is 2. The van der Waals surface area contributed by atoms with Crippen molar-refractivity contribution in [2.75, 3.05) is 68.8 Å². The largest absolute Gasteiger partial charge is 0.399 e. The zero-order valence-electron chi connectivity index (χ0n) is 19.5. The normalized spacial score (nSPS) is 18.6. The minimum absolute atomic E-state index is 0.223. The first kappa shape index (κ1) is 23.7. The smallest absolute Gasteiger partial charge is 0.124 e. The Morgan fingerprint density at radius 1 is 1.12 bits per heavy atom. The van der Waals surface area contributed by atoms with Crippen molar-refractivity contribution in [1.82, 2.24) is 9.80 Å². The first-order chi connectivity index (χ1) is 15.5.